The van der Waals surface area contributed by atoms with Crippen molar-refractivity contribution in [3.63, 3.8) is 0 Å². The molecule has 3 atom stereocenters. The molecule has 2 aromatic heterocycles. The molecule has 25 heavy (non-hydrogen) atoms. The molecule has 0 saturated carbocycles. The van der Waals surface area contributed by atoms with Gasteiger partial charge in [-0.3, -0.25) is 9.09 Å². The van der Waals surface area contributed by atoms with Crippen molar-refractivity contribution in [2.45, 2.75) is 24.4 Å². The first kappa shape index (κ1) is 17.7. The highest BCUT2D eigenvalue weighted by Crippen LogP contribution is 2.43. The van der Waals surface area contributed by atoms with Gasteiger partial charge in [-0.1, -0.05) is 5.92 Å². The minimum absolute atomic E-state index is 0.0194. The highest BCUT2D eigenvalue weighted by atomic mass is 31.2. The number of imidazole rings is 1. The van der Waals surface area contributed by atoms with Gasteiger partial charge in [0.15, 0.2) is 22.6 Å². The molecule has 0 aromatic carbocycles. The molecular formula is C12H13FN5O6P. The van der Waals surface area contributed by atoms with Crippen LogP contribution >= 0.6 is 7.82 Å². The molecule has 3 rings (SSSR count). The van der Waals surface area contributed by atoms with E-state index < -0.39 is 38.4 Å². The first-order valence-electron chi connectivity index (χ1n) is 6.84. The summed E-state index contributed by atoms with van der Waals surface area (Å²) in [6.07, 6.45) is 3.22. The molecule has 1 aliphatic rings. The van der Waals surface area contributed by atoms with Crippen LogP contribution in [0.15, 0.2) is 6.33 Å². The third-order valence-corrected chi connectivity index (χ3v) is 4.20. The van der Waals surface area contributed by atoms with Gasteiger partial charge in [0.2, 0.25) is 0 Å². The van der Waals surface area contributed by atoms with Crippen molar-refractivity contribution in [3.05, 3.63) is 12.4 Å². The van der Waals surface area contributed by atoms with E-state index >= 15 is 0 Å². The van der Waals surface area contributed by atoms with Crippen LogP contribution in [0.25, 0.3) is 11.2 Å². The van der Waals surface area contributed by atoms with Gasteiger partial charge < -0.3 is 25.4 Å². The Bertz CT molecular complexity index is 909. The average Bonchev–Trinajstić information content (AvgIpc) is 3.06. The zero-order valence-electron chi connectivity index (χ0n) is 12.5. The molecular weight excluding hydrogens is 360 g/mol. The van der Waals surface area contributed by atoms with Crippen molar-refractivity contribution in [2.75, 3.05) is 12.3 Å². The molecule has 13 heteroatoms. The lowest BCUT2D eigenvalue weighted by Crippen LogP contribution is -2.42. The van der Waals surface area contributed by atoms with E-state index in [2.05, 4.69) is 25.4 Å². The number of nitrogens with two attached hydrogens (primary N) is 1. The number of aromatic nitrogens is 4. The Morgan fingerprint density at radius 2 is 2.32 bits per heavy atom. The van der Waals surface area contributed by atoms with Gasteiger partial charge in [-0.05, 0) is 0 Å². The number of terminal acetylenes is 1. The first-order valence-corrected chi connectivity index (χ1v) is 8.37. The summed E-state index contributed by atoms with van der Waals surface area (Å²) >= 11 is 0. The van der Waals surface area contributed by atoms with E-state index in [0.29, 0.717) is 0 Å². The van der Waals surface area contributed by atoms with Crippen molar-refractivity contribution in [1.29, 1.82) is 0 Å². The van der Waals surface area contributed by atoms with Gasteiger partial charge in [-0.2, -0.15) is 14.4 Å². The van der Waals surface area contributed by atoms with Gasteiger partial charge in [-0.25, -0.2) is 9.55 Å². The van der Waals surface area contributed by atoms with Crippen LogP contribution in [0.4, 0.5) is 10.2 Å². The Kier molecular flexibility index (Phi) is 4.24. The number of hydrogen-bond acceptors (Lipinski definition) is 8. The minimum atomic E-state index is -4.82. The second-order valence-corrected chi connectivity index (χ2v) is 6.56. The molecule has 0 bridgehead atoms. The zero-order valence-corrected chi connectivity index (χ0v) is 13.4. The van der Waals surface area contributed by atoms with E-state index in [0.717, 1.165) is 0 Å². The fourth-order valence-corrected chi connectivity index (χ4v) is 2.88. The number of aliphatic hydroxyl groups excluding tert-OH is 1. The molecule has 11 nitrogen and oxygen atoms in total. The maximum atomic E-state index is 13.4. The van der Waals surface area contributed by atoms with Crippen LogP contribution in [0.2, 0.25) is 0 Å². The number of ether oxygens (including phenoxy) is 1. The third-order valence-electron chi connectivity index (χ3n) is 3.73. The van der Waals surface area contributed by atoms with E-state index in [1.54, 1.807) is 0 Å². The predicted octanol–water partition coefficient (Wildman–Crippen LogP) is -0.691. The number of anilines is 1. The molecule has 0 spiro atoms. The summed E-state index contributed by atoms with van der Waals surface area (Å²) < 4.78 is 35.6. The Balaban J connectivity index is 1.93. The van der Waals surface area contributed by atoms with Crippen LogP contribution in [0.5, 0.6) is 0 Å². The normalized spacial score (nSPS) is 26.8. The molecule has 0 aliphatic carbocycles. The second-order valence-electron chi connectivity index (χ2n) is 5.32. The van der Waals surface area contributed by atoms with Crippen molar-refractivity contribution in [3.8, 4) is 12.3 Å². The maximum absolute atomic E-state index is 13.4. The third kappa shape index (κ3) is 3.21. The molecule has 0 radical (unpaired) electrons. The maximum Gasteiger partial charge on any atom is 0.469 e. The monoisotopic (exact) mass is 373 g/mol. The standard InChI is InChI=1S/C12H13FN5O6P/c1-2-12(4-23-25(20,21)22)6(19)3-7(24-12)18-5-15-8-9(14)16-11(13)17-10(8)18/h1,5-7,19H,3-4H2,(H2,14,16,17)(H2,20,21,22). The van der Waals surface area contributed by atoms with E-state index in [4.69, 9.17) is 26.7 Å². The highest BCUT2D eigenvalue weighted by molar-refractivity contribution is 7.46. The summed E-state index contributed by atoms with van der Waals surface area (Å²) in [7, 11) is -4.82. The van der Waals surface area contributed by atoms with Gasteiger partial charge in [0, 0.05) is 6.42 Å². The molecule has 1 aliphatic heterocycles. The predicted molar refractivity (Wildman–Crippen MR) is 80.0 cm³/mol. The Morgan fingerprint density at radius 1 is 1.60 bits per heavy atom. The van der Waals surface area contributed by atoms with Crippen molar-refractivity contribution < 1.29 is 33.1 Å². The number of aliphatic hydroxyl groups is 1. The van der Waals surface area contributed by atoms with Gasteiger partial charge >= 0.3 is 13.9 Å². The van der Waals surface area contributed by atoms with Gasteiger partial charge in [0.1, 0.15) is 18.9 Å². The molecule has 2 aromatic rings. The van der Waals surface area contributed by atoms with Crippen LogP contribution in [0.1, 0.15) is 12.6 Å². The Morgan fingerprint density at radius 3 is 2.96 bits per heavy atom. The number of nitrogen functional groups attached to an aromatic ring is 1. The van der Waals surface area contributed by atoms with Crippen LogP contribution < -0.4 is 5.73 Å². The molecule has 1 saturated heterocycles. The largest absolute Gasteiger partial charge is 0.469 e. The fraction of sp³-hybridized carbons (Fsp3) is 0.417. The van der Waals surface area contributed by atoms with Crippen LogP contribution in [0, 0.1) is 18.4 Å². The van der Waals surface area contributed by atoms with E-state index in [-0.39, 0.29) is 23.4 Å². The molecule has 0 amide bonds. The molecule has 3 unspecified atom stereocenters. The number of halogens is 1. The number of nitrogens with zero attached hydrogens (tertiary/aromatic N) is 4. The Hall–Kier alpha value is -2.13. The molecule has 134 valence electrons. The minimum Gasteiger partial charge on any atom is -0.389 e. The smallest absolute Gasteiger partial charge is 0.389 e. The highest BCUT2D eigenvalue weighted by Gasteiger charge is 2.49. The van der Waals surface area contributed by atoms with Gasteiger partial charge in [0.05, 0.1) is 6.33 Å². The summed E-state index contributed by atoms with van der Waals surface area (Å²) in [6.45, 7) is -0.746. The molecule has 1 fully saturated rings. The summed E-state index contributed by atoms with van der Waals surface area (Å²) in [5.74, 6) is 1.98. The SMILES string of the molecule is C#CC1(COP(=O)(O)O)OC(n2cnc3c(N)nc(F)nc32)CC1O. The number of fused-ring (bicyclic) bond motifs is 1. The summed E-state index contributed by atoms with van der Waals surface area (Å²) in [5, 5.41) is 10.2. The average molecular weight is 373 g/mol. The van der Waals surface area contributed by atoms with Crippen molar-refractivity contribution in [1.82, 2.24) is 19.5 Å². The van der Waals surface area contributed by atoms with Crippen LogP contribution in [-0.2, 0) is 13.8 Å². The van der Waals surface area contributed by atoms with Crippen molar-refractivity contribution >= 4 is 24.8 Å². The lowest BCUT2D eigenvalue weighted by atomic mass is 9.99. The van der Waals surface area contributed by atoms with Gasteiger partial charge in [-0.15, -0.1) is 6.42 Å². The number of phosphoric ester groups is 1. The van der Waals surface area contributed by atoms with E-state index in [1.807, 2.05) is 0 Å². The van der Waals surface area contributed by atoms with E-state index in [9.17, 15) is 14.1 Å². The van der Waals surface area contributed by atoms with E-state index in [1.165, 1.54) is 10.9 Å². The summed E-state index contributed by atoms with van der Waals surface area (Å²) in [6, 6.07) is 0. The van der Waals surface area contributed by atoms with Crippen molar-refractivity contribution in [2.24, 2.45) is 0 Å². The molecule has 3 heterocycles. The second kappa shape index (κ2) is 5.99. The zero-order chi connectivity index (χ0) is 18.4. The quantitative estimate of drug-likeness (QED) is 0.306. The lowest BCUT2D eigenvalue weighted by Gasteiger charge is -2.26. The van der Waals surface area contributed by atoms with Crippen LogP contribution in [0.3, 0.4) is 0 Å². The topological polar surface area (TPSA) is 166 Å². The lowest BCUT2D eigenvalue weighted by molar-refractivity contribution is -0.0876. The molecule has 5 N–H and O–H groups in total. The number of phosphoric acid groups is 1. The summed E-state index contributed by atoms with van der Waals surface area (Å²) in [4.78, 5) is 28.6. The summed E-state index contributed by atoms with van der Waals surface area (Å²) in [5.41, 5.74) is 3.92. The number of rotatable bonds is 4. The fourth-order valence-electron chi connectivity index (χ4n) is 2.52. The first-order chi connectivity index (χ1) is 11.6. The van der Waals surface area contributed by atoms with Crippen LogP contribution in [-0.4, -0.2) is 52.7 Å². The number of hydrogen-bond donors (Lipinski definition) is 4. The van der Waals surface area contributed by atoms with Gasteiger partial charge in [0.25, 0.3) is 0 Å². The Labute approximate surface area is 139 Å².